The van der Waals surface area contributed by atoms with Crippen LogP contribution in [0.25, 0.3) is 0 Å². The van der Waals surface area contributed by atoms with Gasteiger partial charge in [0.2, 0.25) is 10.0 Å². The van der Waals surface area contributed by atoms with E-state index in [1.807, 2.05) is 0 Å². The quantitative estimate of drug-likeness (QED) is 0.626. The van der Waals surface area contributed by atoms with Gasteiger partial charge in [-0.1, -0.05) is 0 Å². The summed E-state index contributed by atoms with van der Waals surface area (Å²) >= 11 is 3.03. The van der Waals surface area contributed by atoms with Crippen LogP contribution in [-0.2, 0) is 10.0 Å². The van der Waals surface area contributed by atoms with E-state index in [2.05, 4.69) is 21.2 Å². The Balaban J connectivity index is 0.00000200. The van der Waals surface area contributed by atoms with Gasteiger partial charge >= 0.3 is 0 Å². The van der Waals surface area contributed by atoms with E-state index in [9.17, 15) is 18.5 Å². The molecule has 1 heterocycles. The Kier molecular flexibility index (Phi) is 5.90. The second-order valence-electron chi connectivity index (χ2n) is 4.02. The fourth-order valence-corrected chi connectivity index (χ4v) is 3.97. The van der Waals surface area contributed by atoms with Gasteiger partial charge < -0.3 is 5.32 Å². The molecule has 0 spiro atoms. The summed E-state index contributed by atoms with van der Waals surface area (Å²) in [4.78, 5) is 10.2. The Labute approximate surface area is 131 Å². The molecule has 0 atom stereocenters. The highest BCUT2D eigenvalue weighted by Gasteiger charge is 2.27. The first kappa shape index (κ1) is 17.3. The van der Waals surface area contributed by atoms with Crippen LogP contribution in [0, 0.1) is 10.1 Å². The summed E-state index contributed by atoms with van der Waals surface area (Å²) in [7, 11) is -3.59. The average molecular weight is 387 g/mol. The fraction of sp³-hybridized carbons (Fsp3) is 0.400. The molecular weight excluding hydrogens is 374 g/mol. The molecule has 1 fully saturated rings. The molecule has 1 aromatic carbocycles. The molecule has 0 aromatic heterocycles. The van der Waals surface area contributed by atoms with Crippen LogP contribution in [0.5, 0.6) is 0 Å². The van der Waals surface area contributed by atoms with Crippen molar-refractivity contribution < 1.29 is 13.3 Å². The summed E-state index contributed by atoms with van der Waals surface area (Å²) in [6.45, 7) is 2.01. The second kappa shape index (κ2) is 6.81. The van der Waals surface area contributed by atoms with Crippen LogP contribution < -0.4 is 5.32 Å². The lowest BCUT2D eigenvalue weighted by atomic mass is 10.3. The molecule has 1 N–H and O–H groups in total. The second-order valence-corrected chi connectivity index (χ2v) is 6.82. The number of nitro groups is 1. The molecule has 1 saturated heterocycles. The normalized spacial score (nSPS) is 16.4. The summed E-state index contributed by atoms with van der Waals surface area (Å²) < 4.78 is 26.2. The SMILES string of the molecule is Cl.O=[N+]([O-])c1ccc(S(=O)(=O)N2CCNCC2)cc1Br. The maximum absolute atomic E-state index is 12.3. The summed E-state index contributed by atoms with van der Waals surface area (Å²) in [5.74, 6) is 0. The Morgan fingerprint density at radius 1 is 1.30 bits per heavy atom. The van der Waals surface area contributed by atoms with Crippen LogP contribution in [0.3, 0.4) is 0 Å². The summed E-state index contributed by atoms with van der Waals surface area (Å²) in [6.07, 6.45) is 0. The molecule has 1 aliphatic rings. The van der Waals surface area contributed by atoms with Crippen LogP contribution in [-0.4, -0.2) is 43.8 Å². The highest BCUT2D eigenvalue weighted by atomic mass is 79.9. The van der Waals surface area contributed by atoms with Crippen LogP contribution in [0.4, 0.5) is 5.69 Å². The van der Waals surface area contributed by atoms with E-state index in [1.54, 1.807) is 0 Å². The average Bonchev–Trinajstić information content (AvgIpc) is 2.39. The maximum atomic E-state index is 12.3. The van der Waals surface area contributed by atoms with Crippen molar-refractivity contribution in [3.05, 3.63) is 32.8 Å². The van der Waals surface area contributed by atoms with E-state index in [4.69, 9.17) is 0 Å². The molecule has 0 saturated carbocycles. The summed E-state index contributed by atoms with van der Waals surface area (Å²) in [6, 6.07) is 3.73. The molecule has 1 aromatic rings. The molecule has 112 valence electrons. The van der Waals surface area contributed by atoms with E-state index in [0.29, 0.717) is 26.2 Å². The fourth-order valence-electron chi connectivity index (χ4n) is 1.83. The molecule has 2 rings (SSSR count). The van der Waals surface area contributed by atoms with Crippen LogP contribution in [0.2, 0.25) is 0 Å². The summed E-state index contributed by atoms with van der Waals surface area (Å²) in [5.41, 5.74) is -0.153. The first-order valence-electron chi connectivity index (χ1n) is 5.58. The third-order valence-electron chi connectivity index (χ3n) is 2.83. The van der Waals surface area contributed by atoms with Gasteiger partial charge in [0.25, 0.3) is 5.69 Å². The van der Waals surface area contributed by atoms with E-state index < -0.39 is 14.9 Å². The number of rotatable bonds is 3. The van der Waals surface area contributed by atoms with Gasteiger partial charge in [0.15, 0.2) is 0 Å². The van der Waals surface area contributed by atoms with Crippen LogP contribution in [0.15, 0.2) is 27.6 Å². The van der Waals surface area contributed by atoms with Gasteiger partial charge in [0.1, 0.15) is 0 Å². The smallest absolute Gasteiger partial charge is 0.283 e. The topological polar surface area (TPSA) is 92.5 Å². The highest BCUT2D eigenvalue weighted by Crippen LogP contribution is 2.28. The van der Waals surface area contributed by atoms with Gasteiger partial charge in [-0.2, -0.15) is 4.31 Å². The van der Waals surface area contributed by atoms with Crippen LogP contribution in [0.1, 0.15) is 0 Å². The van der Waals surface area contributed by atoms with Crippen molar-refractivity contribution in [3.8, 4) is 0 Å². The summed E-state index contributed by atoms with van der Waals surface area (Å²) in [5, 5.41) is 13.8. The van der Waals surface area contributed by atoms with Gasteiger partial charge in [0, 0.05) is 32.2 Å². The third-order valence-corrected chi connectivity index (χ3v) is 5.36. The predicted octanol–water partition coefficient (Wildman–Crippen LogP) is 1.37. The van der Waals surface area contributed by atoms with Crippen molar-refractivity contribution in [1.82, 2.24) is 9.62 Å². The minimum absolute atomic E-state index is 0. The van der Waals surface area contributed by atoms with Crippen molar-refractivity contribution in [2.45, 2.75) is 4.90 Å². The van der Waals surface area contributed by atoms with E-state index in [0.717, 1.165) is 0 Å². The lowest BCUT2D eigenvalue weighted by Crippen LogP contribution is -2.46. The molecule has 20 heavy (non-hydrogen) atoms. The molecule has 1 aliphatic heterocycles. The zero-order valence-electron chi connectivity index (χ0n) is 10.3. The molecule has 0 bridgehead atoms. The van der Waals surface area contributed by atoms with Gasteiger partial charge in [-0.25, -0.2) is 8.42 Å². The number of piperazine rings is 1. The lowest BCUT2D eigenvalue weighted by molar-refractivity contribution is -0.385. The zero-order chi connectivity index (χ0) is 14.0. The number of nitrogens with zero attached hydrogens (tertiary/aromatic N) is 2. The van der Waals surface area contributed by atoms with Crippen molar-refractivity contribution >= 4 is 44.0 Å². The number of hydrogen-bond donors (Lipinski definition) is 1. The Hall–Kier alpha value is -0.740. The molecule has 7 nitrogen and oxygen atoms in total. The van der Waals surface area contributed by atoms with E-state index >= 15 is 0 Å². The molecular formula is C10H13BrClN3O4S. The highest BCUT2D eigenvalue weighted by molar-refractivity contribution is 9.10. The van der Waals surface area contributed by atoms with Crippen molar-refractivity contribution in [1.29, 1.82) is 0 Å². The standard InChI is InChI=1S/C10H12BrN3O4S.ClH/c11-9-7-8(1-2-10(9)14(15)16)19(17,18)13-5-3-12-4-6-13;/h1-2,7,12H,3-6H2;1H. The lowest BCUT2D eigenvalue weighted by Gasteiger charge is -2.26. The predicted molar refractivity (Wildman–Crippen MR) is 79.7 cm³/mol. The van der Waals surface area contributed by atoms with Crippen LogP contribution >= 0.6 is 28.3 Å². The number of benzene rings is 1. The van der Waals surface area contributed by atoms with Crippen molar-refractivity contribution in [2.24, 2.45) is 0 Å². The first-order chi connectivity index (χ1) is 8.93. The van der Waals surface area contributed by atoms with E-state index in [1.165, 1.54) is 22.5 Å². The Morgan fingerprint density at radius 3 is 2.40 bits per heavy atom. The number of halogens is 2. The Bertz CT molecular complexity index is 605. The number of sulfonamides is 1. The van der Waals surface area contributed by atoms with E-state index in [-0.39, 0.29) is 27.5 Å². The number of nitrogens with one attached hydrogen (secondary N) is 1. The number of hydrogen-bond acceptors (Lipinski definition) is 5. The Morgan fingerprint density at radius 2 is 1.90 bits per heavy atom. The molecule has 0 unspecified atom stereocenters. The molecule has 0 radical (unpaired) electrons. The van der Waals surface area contributed by atoms with Gasteiger partial charge in [-0.15, -0.1) is 12.4 Å². The minimum Gasteiger partial charge on any atom is -0.314 e. The third kappa shape index (κ3) is 3.47. The molecule has 0 aliphatic carbocycles. The van der Waals surface area contributed by atoms with Gasteiger partial charge in [-0.3, -0.25) is 10.1 Å². The van der Waals surface area contributed by atoms with Crippen molar-refractivity contribution in [3.63, 3.8) is 0 Å². The number of nitro benzene ring substituents is 1. The van der Waals surface area contributed by atoms with Crippen molar-refractivity contribution in [2.75, 3.05) is 26.2 Å². The monoisotopic (exact) mass is 385 g/mol. The first-order valence-corrected chi connectivity index (χ1v) is 7.81. The largest absolute Gasteiger partial charge is 0.314 e. The minimum atomic E-state index is -3.59. The van der Waals surface area contributed by atoms with Gasteiger partial charge in [0.05, 0.1) is 14.3 Å². The van der Waals surface area contributed by atoms with Gasteiger partial charge in [-0.05, 0) is 28.1 Å². The molecule has 10 heteroatoms. The molecule has 0 amide bonds. The maximum Gasteiger partial charge on any atom is 0.283 e. The zero-order valence-corrected chi connectivity index (χ0v) is 13.5.